The van der Waals surface area contributed by atoms with Gasteiger partial charge in [0.15, 0.2) is 0 Å². The van der Waals surface area contributed by atoms with Crippen molar-refractivity contribution in [1.29, 1.82) is 0 Å². The molecule has 0 unspecified atom stereocenters. The first-order chi connectivity index (χ1) is 8.09. The lowest BCUT2D eigenvalue weighted by molar-refractivity contribution is 0.0693. The van der Waals surface area contributed by atoms with Crippen molar-refractivity contribution in [3.05, 3.63) is 29.8 Å². The van der Waals surface area contributed by atoms with Crippen LogP contribution in [0.4, 0.5) is 0 Å². The Labute approximate surface area is 101 Å². The summed E-state index contributed by atoms with van der Waals surface area (Å²) in [6, 6.07) is 6.38. The first-order valence-electron chi connectivity index (χ1n) is 5.67. The molecule has 0 atom stereocenters. The zero-order valence-electron chi connectivity index (χ0n) is 10.2. The molecule has 0 heterocycles. The molecule has 0 aromatic heterocycles. The zero-order valence-corrected chi connectivity index (χ0v) is 10.2. The van der Waals surface area contributed by atoms with Crippen LogP contribution in [0.5, 0.6) is 5.75 Å². The van der Waals surface area contributed by atoms with Gasteiger partial charge in [-0.05, 0) is 38.1 Å². The number of carbonyl (C=O) groups is 1. The first-order valence-corrected chi connectivity index (χ1v) is 5.67. The molecule has 0 amide bonds. The van der Waals surface area contributed by atoms with Crippen molar-refractivity contribution in [3.8, 4) is 5.75 Å². The Kier molecular flexibility index (Phi) is 5.49. The molecule has 0 aliphatic rings. The third-order valence-electron chi connectivity index (χ3n) is 2.11. The van der Waals surface area contributed by atoms with Crippen LogP contribution >= 0.6 is 0 Å². The van der Waals surface area contributed by atoms with Gasteiger partial charge in [0.1, 0.15) is 5.75 Å². The van der Waals surface area contributed by atoms with Crippen LogP contribution < -0.4 is 4.74 Å². The Balaban J connectivity index is 2.25. The lowest BCUT2D eigenvalue weighted by atomic mass is 10.2. The Morgan fingerprint density at radius 3 is 2.41 bits per heavy atom. The van der Waals surface area contributed by atoms with E-state index in [-0.39, 0.29) is 11.7 Å². The number of carboxylic acid groups (broad SMARTS) is 1. The lowest BCUT2D eigenvalue weighted by Crippen LogP contribution is -2.07. The van der Waals surface area contributed by atoms with E-state index in [0.717, 1.165) is 6.42 Å². The van der Waals surface area contributed by atoms with Gasteiger partial charge in [-0.3, -0.25) is 0 Å². The van der Waals surface area contributed by atoms with Crippen LogP contribution in [0.25, 0.3) is 0 Å². The van der Waals surface area contributed by atoms with Crippen LogP contribution in [0.3, 0.4) is 0 Å². The summed E-state index contributed by atoms with van der Waals surface area (Å²) < 4.78 is 10.8. The van der Waals surface area contributed by atoms with Crippen LogP contribution in [0.15, 0.2) is 24.3 Å². The van der Waals surface area contributed by atoms with Gasteiger partial charge >= 0.3 is 5.97 Å². The van der Waals surface area contributed by atoms with Crippen molar-refractivity contribution in [2.24, 2.45) is 0 Å². The second-order valence-electron chi connectivity index (χ2n) is 3.95. The first kappa shape index (κ1) is 13.5. The Morgan fingerprint density at radius 1 is 1.24 bits per heavy atom. The summed E-state index contributed by atoms with van der Waals surface area (Å²) in [5.74, 6) is -0.249. The average molecular weight is 238 g/mol. The van der Waals surface area contributed by atoms with E-state index in [1.165, 1.54) is 12.1 Å². The number of rotatable bonds is 7. The summed E-state index contributed by atoms with van der Waals surface area (Å²) in [5, 5.41) is 8.72. The minimum atomic E-state index is -0.929. The number of aromatic carboxylic acids is 1. The summed E-state index contributed by atoms with van der Waals surface area (Å²) in [6.07, 6.45) is 1.06. The number of carboxylic acids is 1. The molecule has 1 rings (SSSR count). The van der Waals surface area contributed by atoms with Crippen molar-refractivity contribution in [1.82, 2.24) is 0 Å². The van der Waals surface area contributed by atoms with E-state index >= 15 is 0 Å². The van der Waals surface area contributed by atoms with Crippen LogP contribution in [0.1, 0.15) is 30.6 Å². The van der Waals surface area contributed by atoms with Crippen molar-refractivity contribution >= 4 is 5.97 Å². The van der Waals surface area contributed by atoms with Gasteiger partial charge in [0.2, 0.25) is 0 Å². The summed E-state index contributed by atoms with van der Waals surface area (Å²) in [5.41, 5.74) is 0.264. The van der Waals surface area contributed by atoms with E-state index in [1.54, 1.807) is 12.1 Å². The molecule has 1 aromatic carbocycles. The second kappa shape index (κ2) is 6.91. The monoisotopic (exact) mass is 238 g/mol. The van der Waals surface area contributed by atoms with Gasteiger partial charge < -0.3 is 14.6 Å². The van der Waals surface area contributed by atoms with Crippen molar-refractivity contribution in [2.45, 2.75) is 26.4 Å². The predicted molar refractivity (Wildman–Crippen MR) is 64.6 cm³/mol. The van der Waals surface area contributed by atoms with Crippen LogP contribution in [-0.4, -0.2) is 30.4 Å². The zero-order chi connectivity index (χ0) is 12.7. The molecule has 4 nitrogen and oxygen atoms in total. The fourth-order valence-corrected chi connectivity index (χ4v) is 1.26. The molecular weight excluding hydrogens is 220 g/mol. The second-order valence-corrected chi connectivity index (χ2v) is 3.95. The van der Waals surface area contributed by atoms with Gasteiger partial charge in [-0.25, -0.2) is 4.79 Å². The standard InChI is InChI=1S/C13H18O4/c1-10(2)16-8-3-9-17-12-6-4-11(5-7-12)13(14)15/h4-7,10H,3,8-9H2,1-2H3,(H,14,15). The highest BCUT2D eigenvalue weighted by atomic mass is 16.5. The Bertz CT molecular complexity index is 343. The summed E-state index contributed by atoms with van der Waals surface area (Å²) >= 11 is 0. The molecule has 0 fully saturated rings. The van der Waals surface area contributed by atoms with E-state index in [2.05, 4.69) is 0 Å². The van der Waals surface area contributed by atoms with Crippen LogP contribution in [-0.2, 0) is 4.74 Å². The van der Waals surface area contributed by atoms with Gasteiger partial charge in [-0.2, -0.15) is 0 Å². The number of benzene rings is 1. The SMILES string of the molecule is CC(C)OCCCOc1ccc(C(=O)O)cc1. The van der Waals surface area contributed by atoms with Crippen LogP contribution in [0, 0.1) is 0 Å². The maximum atomic E-state index is 10.6. The normalized spacial score (nSPS) is 10.5. The van der Waals surface area contributed by atoms with E-state index in [0.29, 0.717) is 19.0 Å². The molecule has 4 heteroatoms. The lowest BCUT2D eigenvalue weighted by Gasteiger charge is -2.08. The maximum Gasteiger partial charge on any atom is 0.335 e. The molecule has 0 aliphatic heterocycles. The van der Waals surface area contributed by atoms with Gasteiger partial charge in [-0.1, -0.05) is 0 Å². The highest BCUT2D eigenvalue weighted by molar-refractivity contribution is 5.87. The summed E-state index contributed by atoms with van der Waals surface area (Å²) in [7, 11) is 0. The molecule has 0 aliphatic carbocycles. The molecular formula is C13H18O4. The fourth-order valence-electron chi connectivity index (χ4n) is 1.26. The van der Waals surface area contributed by atoms with E-state index in [4.69, 9.17) is 14.6 Å². The van der Waals surface area contributed by atoms with Gasteiger partial charge in [0.25, 0.3) is 0 Å². The predicted octanol–water partition coefficient (Wildman–Crippen LogP) is 2.58. The Hall–Kier alpha value is -1.55. The quantitative estimate of drug-likeness (QED) is 0.742. The van der Waals surface area contributed by atoms with Gasteiger partial charge in [-0.15, -0.1) is 0 Å². The molecule has 1 aromatic rings. The van der Waals surface area contributed by atoms with Crippen molar-refractivity contribution in [2.75, 3.05) is 13.2 Å². The molecule has 0 saturated heterocycles. The molecule has 94 valence electrons. The Morgan fingerprint density at radius 2 is 1.88 bits per heavy atom. The smallest absolute Gasteiger partial charge is 0.335 e. The molecule has 0 radical (unpaired) electrons. The molecule has 0 bridgehead atoms. The molecule has 0 spiro atoms. The van der Waals surface area contributed by atoms with Crippen molar-refractivity contribution < 1.29 is 19.4 Å². The van der Waals surface area contributed by atoms with Gasteiger partial charge in [0, 0.05) is 6.42 Å². The molecule has 1 N–H and O–H groups in total. The fraction of sp³-hybridized carbons (Fsp3) is 0.462. The average Bonchev–Trinajstić information content (AvgIpc) is 2.29. The highest BCUT2D eigenvalue weighted by Crippen LogP contribution is 2.12. The van der Waals surface area contributed by atoms with E-state index in [9.17, 15) is 4.79 Å². The third kappa shape index (κ3) is 5.36. The van der Waals surface area contributed by atoms with Crippen molar-refractivity contribution in [3.63, 3.8) is 0 Å². The van der Waals surface area contributed by atoms with Gasteiger partial charge in [0.05, 0.1) is 24.9 Å². The molecule has 17 heavy (non-hydrogen) atoms. The maximum absolute atomic E-state index is 10.6. The van der Waals surface area contributed by atoms with E-state index < -0.39 is 5.97 Å². The third-order valence-corrected chi connectivity index (χ3v) is 2.11. The van der Waals surface area contributed by atoms with E-state index in [1.807, 2.05) is 13.8 Å². The number of hydrogen-bond donors (Lipinski definition) is 1. The number of ether oxygens (including phenoxy) is 2. The summed E-state index contributed by atoms with van der Waals surface area (Å²) in [6.45, 7) is 5.22. The largest absolute Gasteiger partial charge is 0.494 e. The minimum absolute atomic E-state index is 0.241. The highest BCUT2D eigenvalue weighted by Gasteiger charge is 2.01. The van der Waals surface area contributed by atoms with Crippen LogP contribution in [0.2, 0.25) is 0 Å². The topological polar surface area (TPSA) is 55.8 Å². The molecule has 0 saturated carbocycles. The summed E-state index contributed by atoms with van der Waals surface area (Å²) in [4.78, 5) is 10.6. The minimum Gasteiger partial charge on any atom is -0.494 e. The number of hydrogen-bond acceptors (Lipinski definition) is 3.